The molecule has 0 saturated carbocycles. The van der Waals surface area contributed by atoms with Gasteiger partial charge in [0.15, 0.2) is 0 Å². The molecule has 3 nitrogen and oxygen atoms in total. The monoisotopic (exact) mass is 332 g/mol. The van der Waals surface area contributed by atoms with Crippen LogP contribution in [-0.2, 0) is 0 Å². The molecule has 0 atom stereocenters. The molecule has 3 heteroatoms. The van der Waals surface area contributed by atoms with E-state index in [1.54, 1.807) is 0 Å². The van der Waals surface area contributed by atoms with Crippen LogP contribution in [0.1, 0.15) is 80.6 Å². The maximum Gasteiger partial charge on any atom is 0.131 e. The summed E-state index contributed by atoms with van der Waals surface area (Å²) in [6.07, 6.45) is 6.74. The number of hydrogen-bond donors (Lipinski definition) is 0. The number of hydrogen-bond acceptors (Lipinski definition) is 3. The summed E-state index contributed by atoms with van der Waals surface area (Å²) in [7, 11) is 0. The zero-order valence-corrected chi connectivity index (χ0v) is 17.5. The highest BCUT2D eigenvalue weighted by atomic mass is 16.6. The minimum atomic E-state index is 0.0125. The molecule has 0 N–H and O–H groups in total. The van der Waals surface area contributed by atoms with Gasteiger partial charge in [-0.2, -0.15) is 0 Å². The van der Waals surface area contributed by atoms with Crippen molar-refractivity contribution in [2.24, 2.45) is 21.7 Å². The molecule has 0 radical (unpaired) electrons. The van der Waals surface area contributed by atoms with Crippen molar-refractivity contribution in [2.45, 2.75) is 76.2 Å². The second-order valence-corrected chi connectivity index (χ2v) is 10.1. The smallest absolute Gasteiger partial charge is 0.131 e. The summed E-state index contributed by atoms with van der Waals surface area (Å²) < 4.78 is 4.84. The summed E-state index contributed by atoms with van der Waals surface area (Å²) in [6, 6.07) is 0. The molecule has 0 aliphatic carbocycles. The Bertz CT molecular complexity index is 599. The van der Waals surface area contributed by atoms with Gasteiger partial charge in [0.2, 0.25) is 0 Å². The number of nitrogens with zero attached hydrogens (tertiary/aromatic N) is 2. The van der Waals surface area contributed by atoms with Gasteiger partial charge in [-0.1, -0.05) is 91.7 Å². The second-order valence-electron chi connectivity index (χ2n) is 10.1. The fraction of sp³-hybridized carbons (Fsp3) is 0.714. The van der Waals surface area contributed by atoms with E-state index in [1.165, 1.54) is 5.57 Å². The average Bonchev–Trinajstić information content (AvgIpc) is 2.75. The number of allylic oxidation sites excluding steroid dienone is 3. The minimum Gasteiger partial charge on any atom is -0.244 e. The Morgan fingerprint density at radius 1 is 0.833 bits per heavy atom. The lowest BCUT2D eigenvalue weighted by Gasteiger charge is -2.50. The predicted octanol–water partition coefficient (Wildman–Crippen LogP) is 6.46. The highest BCUT2D eigenvalue weighted by molar-refractivity contribution is 5.55. The first kappa shape index (κ1) is 20.7. The van der Waals surface area contributed by atoms with Crippen LogP contribution in [0.4, 0.5) is 0 Å². The molecule has 24 heavy (non-hydrogen) atoms. The molecule has 0 unspecified atom stereocenters. The molecule has 0 bridgehead atoms. The third kappa shape index (κ3) is 4.37. The average molecular weight is 333 g/mol. The topological polar surface area (TPSA) is 38.9 Å². The van der Waals surface area contributed by atoms with E-state index in [2.05, 4.69) is 97.8 Å². The molecular formula is C21H36N2O. The standard InChI is InChI=1S/C21H36N2O/c1-15-17(23-24-22-15)14-16(18(2,3)4)12-13-21(11,19(5,6)7)20(8,9)10/h12-14H,1-11H3/b13-12+,16-14-. The lowest BCUT2D eigenvalue weighted by Crippen LogP contribution is -2.42. The Morgan fingerprint density at radius 2 is 1.33 bits per heavy atom. The minimum absolute atomic E-state index is 0.0125. The van der Waals surface area contributed by atoms with E-state index in [-0.39, 0.29) is 21.7 Å². The van der Waals surface area contributed by atoms with E-state index in [0.717, 1.165) is 11.4 Å². The fourth-order valence-electron chi connectivity index (χ4n) is 2.91. The van der Waals surface area contributed by atoms with E-state index in [4.69, 9.17) is 4.63 Å². The van der Waals surface area contributed by atoms with Gasteiger partial charge in [-0.25, -0.2) is 4.63 Å². The first-order valence-corrected chi connectivity index (χ1v) is 8.80. The van der Waals surface area contributed by atoms with Gasteiger partial charge in [-0.15, -0.1) is 0 Å². The summed E-state index contributed by atoms with van der Waals surface area (Å²) in [4.78, 5) is 0. The SMILES string of the molecule is Cc1nonc1/C=C(/C=C/C(C)(C(C)(C)C)C(C)(C)C)C(C)(C)C. The number of rotatable bonds is 3. The first-order valence-electron chi connectivity index (χ1n) is 8.80. The van der Waals surface area contributed by atoms with Crippen molar-refractivity contribution in [3.63, 3.8) is 0 Å². The van der Waals surface area contributed by atoms with E-state index in [9.17, 15) is 0 Å². The fourth-order valence-corrected chi connectivity index (χ4v) is 2.91. The van der Waals surface area contributed by atoms with Gasteiger partial charge >= 0.3 is 0 Å². The van der Waals surface area contributed by atoms with E-state index < -0.39 is 0 Å². The van der Waals surface area contributed by atoms with Crippen LogP contribution in [0.2, 0.25) is 0 Å². The maximum atomic E-state index is 4.84. The van der Waals surface area contributed by atoms with Crippen LogP contribution in [0.15, 0.2) is 22.4 Å². The molecule has 0 fully saturated rings. The van der Waals surface area contributed by atoms with Gasteiger partial charge in [-0.05, 0) is 40.2 Å². The highest BCUT2D eigenvalue weighted by Gasteiger charge is 2.44. The van der Waals surface area contributed by atoms with Crippen LogP contribution < -0.4 is 0 Å². The molecule has 0 aliphatic heterocycles. The third-order valence-corrected chi connectivity index (χ3v) is 5.56. The number of aryl methyl sites for hydroxylation is 1. The van der Waals surface area contributed by atoms with Gasteiger partial charge < -0.3 is 0 Å². The lowest BCUT2D eigenvalue weighted by molar-refractivity contribution is 0.0365. The predicted molar refractivity (Wildman–Crippen MR) is 103 cm³/mol. The van der Waals surface area contributed by atoms with Crippen molar-refractivity contribution in [3.05, 3.63) is 29.1 Å². The first-order chi connectivity index (χ1) is 10.6. The van der Waals surface area contributed by atoms with Gasteiger partial charge in [-0.3, -0.25) is 0 Å². The zero-order valence-electron chi connectivity index (χ0n) is 17.5. The quantitative estimate of drug-likeness (QED) is 0.596. The van der Waals surface area contributed by atoms with Crippen LogP contribution in [0.5, 0.6) is 0 Å². The van der Waals surface area contributed by atoms with Crippen LogP contribution in [0.3, 0.4) is 0 Å². The van der Waals surface area contributed by atoms with Crippen LogP contribution in [0, 0.1) is 28.6 Å². The Hall–Kier alpha value is -1.38. The summed E-state index contributed by atoms with van der Waals surface area (Å²) in [6.45, 7) is 24.8. The van der Waals surface area contributed by atoms with Crippen LogP contribution in [0.25, 0.3) is 6.08 Å². The maximum absolute atomic E-state index is 4.84. The molecule has 1 aromatic heterocycles. The van der Waals surface area contributed by atoms with Crippen molar-refractivity contribution >= 4 is 6.08 Å². The van der Waals surface area contributed by atoms with E-state index in [1.807, 2.05) is 6.92 Å². The Labute approximate surface area is 148 Å². The molecule has 1 rings (SSSR count). The Balaban J connectivity index is 3.40. The number of aromatic nitrogens is 2. The van der Waals surface area contributed by atoms with E-state index >= 15 is 0 Å². The molecule has 0 amide bonds. The van der Waals surface area contributed by atoms with Crippen LogP contribution >= 0.6 is 0 Å². The Morgan fingerprint density at radius 3 is 1.67 bits per heavy atom. The highest BCUT2D eigenvalue weighted by Crippen LogP contribution is 2.52. The molecule has 136 valence electrons. The van der Waals surface area contributed by atoms with Crippen molar-refractivity contribution in [2.75, 3.05) is 0 Å². The van der Waals surface area contributed by atoms with Gasteiger partial charge in [0.05, 0.1) is 0 Å². The Kier molecular flexibility index (Phi) is 5.59. The summed E-state index contributed by atoms with van der Waals surface area (Å²) in [5, 5.41) is 7.90. The molecule has 0 aromatic carbocycles. The van der Waals surface area contributed by atoms with Gasteiger partial charge in [0.25, 0.3) is 0 Å². The summed E-state index contributed by atoms with van der Waals surface area (Å²) >= 11 is 0. The van der Waals surface area contributed by atoms with E-state index in [0.29, 0.717) is 0 Å². The summed E-state index contributed by atoms with van der Waals surface area (Å²) in [5.74, 6) is 0. The molecule has 1 heterocycles. The zero-order chi connectivity index (χ0) is 19.0. The lowest BCUT2D eigenvalue weighted by atomic mass is 9.55. The van der Waals surface area contributed by atoms with Gasteiger partial charge in [0.1, 0.15) is 11.4 Å². The molecular weight excluding hydrogens is 296 g/mol. The normalized spacial score (nSPS) is 15.4. The molecule has 0 aliphatic rings. The molecule has 0 spiro atoms. The largest absolute Gasteiger partial charge is 0.244 e. The molecule has 0 saturated heterocycles. The molecule has 1 aromatic rings. The van der Waals surface area contributed by atoms with Gasteiger partial charge in [0, 0.05) is 0 Å². The summed E-state index contributed by atoms with van der Waals surface area (Å²) in [5.41, 5.74) is 3.20. The van der Waals surface area contributed by atoms with Crippen molar-refractivity contribution in [3.8, 4) is 0 Å². The second kappa shape index (κ2) is 6.50. The van der Waals surface area contributed by atoms with Crippen molar-refractivity contribution < 1.29 is 4.63 Å². The third-order valence-electron chi connectivity index (χ3n) is 5.56. The van der Waals surface area contributed by atoms with Crippen molar-refractivity contribution in [1.82, 2.24) is 10.3 Å². The van der Waals surface area contributed by atoms with Crippen molar-refractivity contribution in [1.29, 1.82) is 0 Å². The van der Waals surface area contributed by atoms with Crippen LogP contribution in [-0.4, -0.2) is 10.3 Å².